The maximum atomic E-state index is 10.2. The van der Waals surface area contributed by atoms with Gasteiger partial charge in [-0.05, 0) is 17.1 Å². The first-order chi connectivity index (χ1) is 5.75. The third kappa shape index (κ3) is 1.57. The van der Waals surface area contributed by atoms with Crippen LogP contribution in [0.15, 0.2) is 35.5 Å². The van der Waals surface area contributed by atoms with Crippen LogP contribution in [0.1, 0.15) is 5.56 Å². The van der Waals surface area contributed by atoms with E-state index in [0.717, 1.165) is 0 Å². The normalized spacial score (nSPS) is 11.2. The van der Waals surface area contributed by atoms with Crippen molar-refractivity contribution in [2.75, 3.05) is 0 Å². The van der Waals surface area contributed by atoms with Crippen LogP contribution >= 0.6 is 0 Å². The van der Waals surface area contributed by atoms with Gasteiger partial charge in [0.25, 0.3) is 0 Å². The first-order valence-electron chi connectivity index (χ1n) is 3.17. The highest BCUT2D eigenvalue weighted by molar-refractivity contribution is 5.91. The van der Waals surface area contributed by atoms with E-state index in [4.69, 9.17) is 5.21 Å². The first kappa shape index (κ1) is 8.19. The number of nitro groups is 1. The van der Waals surface area contributed by atoms with Gasteiger partial charge in [-0.1, -0.05) is 18.2 Å². The lowest BCUT2D eigenvalue weighted by Crippen LogP contribution is -2.12. The van der Waals surface area contributed by atoms with Gasteiger partial charge in [-0.3, -0.25) is 0 Å². The van der Waals surface area contributed by atoms with Crippen molar-refractivity contribution in [3.8, 4) is 0 Å². The Bertz CT molecular complexity index is 308. The summed E-state index contributed by atoms with van der Waals surface area (Å²) >= 11 is 0. The van der Waals surface area contributed by atoms with Gasteiger partial charge in [0.1, 0.15) is 0 Å². The van der Waals surface area contributed by atoms with E-state index in [1.165, 1.54) is 12.1 Å². The fraction of sp³-hybridized carbons (Fsp3) is 0. The summed E-state index contributed by atoms with van der Waals surface area (Å²) in [6, 6.07) is 7.97. The van der Waals surface area contributed by atoms with Crippen molar-refractivity contribution in [3.05, 3.63) is 46.0 Å². The molecule has 5 heteroatoms. The van der Waals surface area contributed by atoms with Crippen molar-refractivity contribution in [1.29, 1.82) is 0 Å². The highest BCUT2D eigenvalue weighted by atomic mass is 16.6. The van der Waals surface area contributed by atoms with E-state index in [0.29, 0.717) is 0 Å². The number of nitrogens with zero attached hydrogens (tertiary/aromatic N) is 2. The van der Waals surface area contributed by atoms with E-state index in [2.05, 4.69) is 5.16 Å². The molecule has 0 fully saturated rings. The number of rotatable bonds is 1. The molecule has 62 valence electrons. The molecule has 0 saturated heterocycles. The minimum atomic E-state index is -0.741. The second kappa shape index (κ2) is 3.47. The smallest absolute Gasteiger partial charge is 0.358 e. The number of benzene rings is 1. The first-order valence-corrected chi connectivity index (χ1v) is 3.17. The molecule has 12 heavy (non-hydrogen) atoms. The highest BCUT2D eigenvalue weighted by Crippen LogP contribution is 2.00. The van der Waals surface area contributed by atoms with Gasteiger partial charge < -0.3 is 15.3 Å². The summed E-state index contributed by atoms with van der Waals surface area (Å²) in [5.41, 5.74) is 0.282. The summed E-state index contributed by atoms with van der Waals surface area (Å²) in [6.07, 6.45) is 0. The number of amidine groups is 1. The average Bonchev–Trinajstić information content (AvgIpc) is 2.07. The standard InChI is InChI=1S/C7H6N2O3/c10-8-7(9(11)12)6-4-2-1-3-5-6/h1-5,10H. The Morgan fingerprint density at radius 1 is 1.42 bits per heavy atom. The van der Waals surface area contributed by atoms with Crippen molar-refractivity contribution < 1.29 is 10.1 Å². The second-order valence-electron chi connectivity index (χ2n) is 2.05. The molecule has 0 spiro atoms. The molecule has 0 atom stereocenters. The third-order valence-electron chi connectivity index (χ3n) is 1.30. The van der Waals surface area contributed by atoms with Gasteiger partial charge in [0.15, 0.2) is 5.16 Å². The zero-order valence-corrected chi connectivity index (χ0v) is 6.04. The van der Waals surface area contributed by atoms with E-state index < -0.39 is 10.8 Å². The maximum Gasteiger partial charge on any atom is 0.416 e. The molecule has 0 aliphatic carbocycles. The Labute approximate surface area is 68.1 Å². The third-order valence-corrected chi connectivity index (χ3v) is 1.30. The number of hydrogen-bond acceptors (Lipinski definition) is 4. The van der Waals surface area contributed by atoms with Gasteiger partial charge in [-0.2, -0.15) is 0 Å². The van der Waals surface area contributed by atoms with E-state index in [9.17, 15) is 10.1 Å². The minimum absolute atomic E-state index is 0.282. The van der Waals surface area contributed by atoms with Crippen LogP contribution in [-0.2, 0) is 0 Å². The fourth-order valence-electron chi connectivity index (χ4n) is 0.787. The van der Waals surface area contributed by atoms with Gasteiger partial charge in [-0.15, -0.1) is 0 Å². The van der Waals surface area contributed by atoms with Gasteiger partial charge in [0.2, 0.25) is 0 Å². The number of hydrogen-bond donors (Lipinski definition) is 1. The summed E-state index contributed by atoms with van der Waals surface area (Å²) in [7, 11) is 0. The topological polar surface area (TPSA) is 75.7 Å². The van der Waals surface area contributed by atoms with Crippen LogP contribution in [0.3, 0.4) is 0 Å². The van der Waals surface area contributed by atoms with Crippen molar-refractivity contribution >= 4 is 5.84 Å². The molecular weight excluding hydrogens is 160 g/mol. The Balaban J connectivity index is 3.05. The summed E-state index contributed by atoms with van der Waals surface area (Å²) in [5.74, 6) is -0.546. The van der Waals surface area contributed by atoms with Crippen molar-refractivity contribution in [3.63, 3.8) is 0 Å². The summed E-state index contributed by atoms with van der Waals surface area (Å²) in [4.78, 5) is 9.51. The Morgan fingerprint density at radius 3 is 2.42 bits per heavy atom. The largest absolute Gasteiger partial charge is 0.416 e. The van der Waals surface area contributed by atoms with E-state index >= 15 is 0 Å². The van der Waals surface area contributed by atoms with E-state index in [1.807, 2.05) is 0 Å². The van der Waals surface area contributed by atoms with Crippen molar-refractivity contribution in [2.24, 2.45) is 5.16 Å². The maximum absolute atomic E-state index is 10.2. The zero-order chi connectivity index (χ0) is 8.97. The predicted octanol–water partition coefficient (Wildman–Crippen LogP) is 1.10. The SMILES string of the molecule is O=[N+]([O-])C(=NO)c1ccccc1. The molecule has 1 aromatic rings. The molecule has 0 radical (unpaired) electrons. The molecular formula is C7H6N2O3. The Morgan fingerprint density at radius 2 is 2.00 bits per heavy atom. The fourth-order valence-corrected chi connectivity index (χ4v) is 0.787. The molecule has 0 bridgehead atoms. The molecule has 1 N–H and O–H groups in total. The molecule has 1 rings (SSSR count). The van der Waals surface area contributed by atoms with Crippen LogP contribution < -0.4 is 0 Å². The molecule has 0 heterocycles. The van der Waals surface area contributed by atoms with Crippen LogP contribution in [0, 0.1) is 10.1 Å². The molecule has 0 unspecified atom stereocenters. The highest BCUT2D eigenvalue weighted by Gasteiger charge is 2.14. The lowest BCUT2D eigenvalue weighted by atomic mass is 10.2. The quantitative estimate of drug-likeness (QED) is 0.223. The number of oxime groups is 1. The lowest BCUT2D eigenvalue weighted by molar-refractivity contribution is -0.351. The Hall–Kier alpha value is -1.91. The lowest BCUT2D eigenvalue weighted by Gasteiger charge is -1.94. The van der Waals surface area contributed by atoms with Gasteiger partial charge in [0, 0.05) is 0 Å². The van der Waals surface area contributed by atoms with Crippen LogP contribution in [0.5, 0.6) is 0 Å². The summed E-state index contributed by atoms with van der Waals surface area (Å²) in [5, 5.41) is 21.1. The average molecular weight is 166 g/mol. The van der Waals surface area contributed by atoms with Crippen molar-refractivity contribution in [2.45, 2.75) is 0 Å². The predicted molar refractivity (Wildman–Crippen MR) is 41.8 cm³/mol. The van der Waals surface area contributed by atoms with Gasteiger partial charge >= 0.3 is 5.84 Å². The molecule has 0 amide bonds. The summed E-state index contributed by atoms with van der Waals surface area (Å²) < 4.78 is 0. The second-order valence-corrected chi connectivity index (χ2v) is 2.05. The van der Waals surface area contributed by atoms with Crippen LogP contribution in [0.4, 0.5) is 0 Å². The molecule has 1 aromatic carbocycles. The summed E-state index contributed by atoms with van der Waals surface area (Å²) in [6.45, 7) is 0. The molecule has 0 saturated carbocycles. The molecule has 0 aliphatic heterocycles. The molecule has 0 aromatic heterocycles. The van der Waals surface area contributed by atoms with Gasteiger partial charge in [0.05, 0.1) is 5.56 Å². The monoisotopic (exact) mass is 166 g/mol. The minimum Gasteiger partial charge on any atom is -0.358 e. The van der Waals surface area contributed by atoms with Gasteiger partial charge in [-0.25, -0.2) is 0 Å². The van der Waals surface area contributed by atoms with Crippen LogP contribution in [0.25, 0.3) is 0 Å². The van der Waals surface area contributed by atoms with E-state index in [-0.39, 0.29) is 5.56 Å². The van der Waals surface area contributed by atoms with Crippen LogP contribution in [0.2, 0.25) is 0 Å². The van der Waals surface area contributed by atoms with E-state index in [1.54, 1.807) is 18.2 Å². The molecule has 0 aliphatic rings. The Kier molecular flexibility index (Phi) is 2.37. The zero-order valence-electron chi connectivity index (χ0n) is 6.04. The van der Waals surface area contributed by atoms with Crippen LogP contribution in [-0.4, -0.2) is 16.0 Å². The van der Waals surface area contributed by atoms with Crippen molar-refractivity contribution in [1.82, 2.24) is 0 Å². The molecule has 5 nitrogen and oxygen atoms in total.